The van der Waals surface area contributed by atoms with Crippen LogP contribution in [0.5, 0.6) is 0 Å². The summed E-state index contributed by atoms with van der Waals surface area (Å²) in [7, 11) is 0. The van der Waals surface area contributed by atoms with E-state index in [4.69, 9.17) is 0 Å². The maximum Gasteiger partial charge on any atom is 0.263 e. The third-order valence-corrected chi connectivity index (χ3v) is 5.07. The fourth-order valence-corrected chi connectivity index (χ4v) is 3.50. The minimum Gasteiger partial charge on any atom is -0.393 e. The Hall–Kier alpha value is -1.79. The van der Waals surface area contributed by atoms with E-state index in [2.05, 4.69) is 15.3 Å². The van der Waals surface area contributed by atoms with Gasteiger partial charge in [-0.2, -0.15) is 0 Å². The van der Waals surface area contributed by atoms with Crippen molar-refractivity contribution < 1.29 is 9.90 Å². The molecule has 0 saturated heterocycles. The van der Waals surface area contributed by atoms with Crippen LogP contribution < -0.4 is 5.32 Å². The van der Waals surface area contributed by atoms with Gasteiger partial charge in [0.15, 0.2) is 0 Å². The summed E-state index contributed by atoms with van der Waals surface area (Å²) in [6.45, 7) is 1.84. The molecule has 2 aromatic heterocycles. The molecule has 0 aromatic carbocycles. The molecule has 1 amide bonds. The maximum absolute atomic E-state index is 12.4. The van der Waals surface area contributed by atoms with E-state index in [9.17, 15) is 9.90 Å². The van der Waals surface area contributed by atoms with Crippen LogP contribution >= 0.6 is 11.3 Å². The molecule has 1 aliphatic rings. The summed E-state index contributed by atoms with van der Waals surface area (Å²) in [5, 5.41) is 12.7. The lowest BCUT2D eigenvalue weighted by Gasteiger charge is -2.38. The highest BCUT2D eigenvalue weighted by Gasteiger charge is 2.35. The van der Waals surface area contributed by atoms with E-state index < -0.39 is 0 Å². The van der Waals surface area contributed by atoms with Gasteiger partial charge in [0.25, 0.3) is 5.91 Å². The zero-order valence-corrected chi connectivity index (χ0v) is 13.2. The highest BCUT2D eigenvalue weighted by molar-refractivity contribution is 7.11. The standard InChI is InChI=1S/C16H19N3O2S/c1-10-15(22-9-18-10)16(21)19-14(11-6-13(20)7-11)8-12-4-2-3-5-17-12/h2-5,9,11,13-14,20H,6-8H2,1H3,(H,19,21). The van der Waals surface area contributed by atoms with Gasteiger partial charge in [0.2, 0.25) is 0 Å². The van der Waals surface area contributed by atoms with Crippen molar-refractivity contribution in [1.29, 1.82) is 0 Å². The van der Waals surface area contributed by atoms with E-state index in [1.165, 1.54) is 11.3 Å². The highest BCUT2D eigenvalue weighted by Crippen LogP contribution is 2.32. The molecule has 0 aliphatic heterocycles. The highest BCUT2D eigenvalue weighted by atomic mass is 32.1. The van der Waals surface area contributed by atoms with E-state index in [0.717, 1.165) is 24.2 Å². The summed E-state index contributed by atoms with van der Waals surface area (Å²) >= 11 is 1.36. The molecule has 5 nitrogen and oxygen atoms in total. The predicted octanol–water partition coefficient (Wildman–Crippen LogP) is 1.96. The van der Waals surface area contributed by atoms with Crippen molar-refractivity contribution in [2.45, 2.75) is 38.3 Å². The summed E-state index contributed by atoms with van der Waals surface area (Å²) in [5.74, 6) is 0.219. The van der Waals surface area contributed by atoms with Crippen LogP contribution in [0, 0.1) is 12.8 Å². The van der Waals surface area contributed by atoms with Gasteiger partial charge >= 0.3 is 0 Å². The van der Waals surface area contributed by atoms with Crippen LogP contribution in [0.15, 0.2) is 29.9 Å². The number of nitrogens with zero attached hydrogens (tertiary/aromatic N) is 2. The van der Waals surface area contributed by atoms with E-state index in [0.29, 0.717) is 17.2 Å². The molecule has 22 heavy (non-hydrogen) atoms. The first-order valence-corrected chi connectivity index (χ1v) is 8.30. The second-order valence-electron chi connectivity index (χ2n) is 5.76. The average molecular weight is 317 g/mol. The van der Waals surface area contributed by atoms with Crippen molar-refractivity contribution in [3.63, 3.8) is 0 Å². The zero-order chi connectivity index (χ0) is 15.5. The average Bonchev–Trinajstić information content (AvgIpc) is 2.91. The van der Waals surface area contributed by atoms with Crippen molar-refractivity contribution >= 4 is 17.2 Å². The van der Waals surface area contributed by atoms with Crippen LogP contribution in [0.3, 0.4) is 0 Å². The number of aromatic nitrogens is 2. The van der Waals surface area contributed by atoms with Crippen molar-refractivity contribution in [1.82, 2.24) is 15.3 Å². The van der Waals surface area contributed by atoms with Crippen molar-refractivity contribution in [2.75, 3.05) is 0 Å². The third-order valence-electron chi connectivity index (χ3n) is 4.14. The van der Waals surface area contributed by atoms with Gasteiger partial charge in [-0.3, -0.25) is 9.78 Å². The molecule has 1 fully saturated rings. The number of amides is 1. The van der Waals surface area contributed by atoms with Crippen LogP contribution in [-0.4, -0.2) is 33.1 Å². The quantitative estimate of drug-likeness (QED) is 0.884. The Labute approximate surface area is 133 Å². The Morgan fingerprint density at radius 2 is 2.27 bits per heavy atom. The lowest BCUT2D eigenvalue weighted by atomic mass is 9.76. The number of pyridine rings is 1. The van der Waals surface area contributed by atoms with Gasteiger partial charge in [0, 0.05) is 24.4 Å². The molecule has 1 saturated carbocycles. The molecular weight excluding hydrogens is 298 g/mol. The Morgan fingerprint density at radius 1 is 1.45 bits per heavy atom. The van der Waals surface area contributed by atoms with Gasteiger partial charge in [-0.25, -0.2) is 4.98 Å². The number of rotatable bonds is 5. The van der Waals surface area contributed by atoms with Crippen LogP contribution in [0.1, 0.15) is 33.9 Å². The molecule has 116 valence electrons. The van der Waals surface area contributed by atoms with E-state index >= 15 is 0 Å². The fraction of sp³-hybridized carbons (Fsp3) is 0.438. The SMILES string of the molecule is Cc1ncsc1C(=O)NC(Cc1ccccn1)C1CC(O)C1. The van der Waals surface area contributed by atoms with Gasteiger partial charge in [0.05, 0.1) is 17.3 Å². The molecular formula is C16H19N3O2S. The second kappa shape index (κ2) is 6.54. The van der Waals surface area contributed by atoms with Gasteiger partial charge in [0.1, 0.15) is 4.88 Å². The van der Waals surface area contributed by atoms with E-state index in [1.54, 1.807) is 11.7 Å². The molecule has 2 heterocycles. The van der Waals surface area contributed by atoms with Crippen LogP contribution in [0.25, 0.3) is 0 Å². The van der Waals surface area contributed by atoms with Gasteiger partial charge < -0.3 is 10.4 Å². The smallest absolute Gasteiger partial charge is 0.263 e. The maximum atomic E-state index is 12.4. The molecule has 0 spiro atoms. The molecule has 6 heteroatoms. The number of aryl methyl sites for hydroxylation is 1. The molecule has 1 atom stereocenters. The monoisotopic (exact) mass is 317 g/mol. The van der Waals surface area contributed by atoms with Crippen molar-refractivity contribution in [2.24, 2.45) is 5.92 Å². The number of nitrogens with one attached hydrogen (secondary N) is 1. The Morgan fingerprint density at radius 3 is 2.86 bits per heavy atom. The number of aliphatic hydroxyl groups excluding tert-OH is 1. The van der Waals surface area contributed by atoms with Crippen molar-refractivity contribution in [3.8, 4) is 0 Å². The van der Waals surface area contributed by atoms with E-state index in [-0.39, 0.29) is 18.1 Å². The number of carbonyl (C=O) groups excluding carboxylic acids is 1. The Bertz CT molecular complexity index is 638. The predicted molar refractivity (Wildman–Crippen MR) is 84.8 cm³/mol. The van der Waals surface area contributed by atoms with Gasteiger partial charge in [-0.15, -0.1) is 11.3 Å². The molecule has 2 N–H and O–H groups in total. The molecule has 2 aromatic rings. The van der Waals surface area contributed by atoms with Gasteiger partial charge in [-0.05, 0) is 37.8 Å². The number of aliphatic hydroxyl groups is 1. The largest absolute Gasteiger partial charge is 0.393 e. The molecule has 3 rings (SSSR count). The Balaban J connectivity index is 1.71. The zero-order valence-electron chi connectivity index (χ0n) is 12.4. The first-order valence-electron chi connectivity index (χ1n) is 7.42. The Kier molecular flexibility index (Phi) is 4.49. The lowest BCUT2D eigenvalue weighted by molar-refractivity contribution is 0.0238. The normalized spacial score (nSPS) is 21.9. The molecule has 0 radical (unpaired) electrons. The molecule has 0 bridgehead atoms. The number of hydrogen-bond acceptors (Lipinski definition) is 5. The third kappa shape index (κ3) is 3.34. The topological polar surface area (TPSA) is 75.1 Å². The van der Waals surface area contributed by atoms with E-state index in [1.807, 2.05) is 25.1 Å². The summed E-state index contributed by atoms with van der Waals surface area (Å²) in [5.41, 5.74) is 3.40. The number of hydrogen-bond donors (Lipinski definition) is 2. The summed E-state index contributed by atoms with van der Waals surface area (Å²) in [4.78, 5) is 21.6. The summed E-state index contributed by atoms with van der Waals surface area (Å²) < 4.78 is 0. The van der Waals surface area contributed by atoms with Gasteiger partial charge in [-0.1, -0.05) is 6.07 Å². The van der Waals surface area contributed by atoms with Crippen LogP contribution in [0.4, 0.5) is 0 Å². The lowest BCUT2D eigenvalue weighted by Crippen LogP contribution is -2.48. The first-order chi connectivity index (χ1) is 10.6. The van der Waals surface area contributed by atoms with Crippen LogP contribution in [0.2, 0.25) is 0 Å². The van der Waals surface area contributed by atoms with Crippen molar-refractivity contribution in [3.05, 3.63) is 46.2 Å². The number of carbonyl (C=O) groups is 1. The number of thiazole rings is 1. The second-order valence-corrected chi connectivity index (χ2v) is 6.61. The summed E-state index contributed by atoms with van der Waals surface area (Å²) in [6, 6.07) is 5.79. The first kappa shape index (κ1) is 15.1. The molecule has 1 unspecified atom stereocenters. The minimum atomic E-state index is -0.238. The molecule has 1 aliphatic carbocycles. The van der Waals surface area contributed by atoms with Crippen LogP contribution in [-0.2, 0) is 6.42 Å². The fourth-order valence-electron chi connectivity index (χ4n) is 2.79. The summed E-state index contributed by atoms with van der Waals surface area (Å²) in [6.07, 6.45) is 3.68. The minimum absolute atomic E-state index is 0.00713.